The van der Waals surface area contributed by atoms with Crippen molar-refractivity contribution < 1.29 is 14.3 Å². The maximum absolute atomic E-state index is 11.0. The second kappa shape index (κ2) is 7.70. The van der Waals surface area contributed by atoms with Gasteiger partial charge in [-0.1, -0.05) is 0 Å². The predicted molar refractivity (Wildman–Crippen MR) is 81.8 cm³/mol. The standard InChI is InChI=1S/C14H22N4O3/c15-4-1-7-21-13-10-11(18-5-8-20-9-6-18)2-3-12(13)17-14(16)19/h2-3,10H,1,4-9,15H2,(H3,16,17,19). The minimum absolute atomic E-state index is 0.497. The lowest BCUT2D eigenvalue weighted by Crippen LogP contribution is -2.36. The van der Waals surface area contributed by atoms with Gasteiger partial charge >= 0.3 is 6.03 Å². The Morgan fingerprint density at radius 1 is 1.38 bits per heavy atom. The fourth-order valence-corrected chi connectivity index (χ4v) is 2.15. The van der Waals surface area contributed by atoms with Crippen molar-refractivity contribution in [3.8, 4) is 5.75 Å². The SMILES string of the molecule is NCCCOc1cc(N2CCOCC2)ccc1NC(N)=O. The first-order valence-corrected chi connectivity index (χ1v) is 7.07. The molecule has 0 aliphatic carbocycles. The maximum Gasteiger partial charge on any atom is 0.316 e. The molecule has 0 bridgehead atoms. The van der Waals surface area contributed by atoms with E-state index >= 15 is 0 Å². The van der Waals surface area contributed by atoms with Crippen LogP contribution in [0.3, 0.4) is 0 Å². The molecule has 1 aromatic carbocycles. The number of hydrogen-bond acceptors (Lipinski definition) is 5. The molecule has 0 saturated carbocycles. The van der Waals surface area contributed by atoms with Gasteiger partial charge in [-0.25, -0.2) is 4.79 Å². The van der Waals surface area contributed by atoms with Gasteiger partial charge in [0.2, 0.25) is 0 Å². The minimum Gasteiger partial charge on any atom is -0.491 e. The zero-order valence-corrected chi connectivity index (χ0v) is 12.0. The lowest BCUT2D eigenvalue weighted by Gasteiger charge is -2.29. The molecule has 1 fully saturated rings. The number of amides is 2. The van der Waals surface area contributed by atoms with E-state index in [1.807, 2.05) is 12.1 Å². The first-order valence-electron chi connectivity index (χ1n) is 7.07. The quantitative estimate of drug-likeness (QED) is 0.672. The summed E-state index contributed by atoms with van der Waals surface area (Å²) in [4.78, 5) is 13.3. The molecule has 1 heterocycles. The fraction of sp³-hybridized carbons (Fsp3) is 0.500. The first kappa shape index (κ1) is 15.4. The number of ether oxygens (including phenoxy) is 2. The molecule has 1 aliphatic heterocycles. The molecule has 116 valence electrons. The van der Waals surface area contributed by atoms with Crippen molar-refractivity contribution in [3.05, 3.63) is 18.2 Å². The van der Waals surface area contributed by atoms with E-state index in [9.17, 15) is 4.79 Å². The van der Waals surface area contributed by atoms with E-state index in [-0.39, 0.29) is 0 Å². The van der Waals surface area contributed by atoms with Crippen LogP contribution in [0.5, 0.6) is 5.75 Å². The Morgan fingerprint density at radius 3 is 2.81 bits per heavy atom. The van der Waals surface area contributed by atoms with Crippen LogP contribution in [0.25, 0.3) is 0 Å². The number of carbonyl (C=O) groups is 1. The van der Waals surface area contributed by atoms with Crippen LogP contribution in [0.1, 0.15) is 6.42 Å². The van der Waals surface area contributed by atoms with E-state index < -0.39 is 6.03 Å². The Morgan fingerprint density at radius 2 is 2.14 bits per heavy atom. The smallest absolute Gasteiger partial charge is 0.316 e. The number of nitrogens with two attached hydrogens (primary N) is 2. The molecular formula is C14H22N4O3. The summed E-state index contributed by atoms with van der Waals surface area (Å²) in [6.07, 6.45) is 0.748. The summed E-state index contributed by atoms with van der Waals surface area (Å²) in [6.45, 7) is 4.16. The van der Waals surface area contributed by atoms with Crippen molar-refractivity contribution in [3.63, 3.8) is 0 Å². The summed E-state index contributed by atoms with van der Waals surface area (Å²) in [6, 6.07) is 5.03. The zero-order chi connectivity index (χ0) is 15.1. The first-order chi connectivity index (χ1) is 10.2. The average molecular weight is 294 g/mol. The van der Waals surface area contributed by atoms with Crippen LogP contribution in [0.15, 0.2) is 18.2 Å². The molecule has 1 aliphatic rings. The highest BCUT2D eigenvalue weighted by Crippen LogP contribution is 2.30. The van der Waals surface area contributed by atoms with Crippen LogP contribution in [0.2, 0.25) is 0 Å². The normalized spacial score (nSPS) is 14.8. The second-order valence-corrected chi connectivity index (χ2v) is 4.76. The number of urea groups is 1. The largest absolute Gasteiger partial charge is 0.491 e. The third-order valence-corrected chi connectivity index (χ3v) is 3.21. The summed E-state index contributed by atoms with van der Waals surface area (Å²) in [7, 11) is 0. The van der Waals surface area contributed by atoms with Gasteiger partial charge in [-0.2, -0.15) is 0 Å². The Balaban J connectivity index is 2.15. The summed E-state index contributed by atoms with van der Waals surface area (Å²) in [5.74, 6) is 0.603. The Hall–Kier alpha value is -1.99. The van der Waals surface area contributed by atoms with Gasteiger partial charge in [0, 0.05) is 24.8 Å². The molecule has 0 radical (unpaired) electrons. The van der Waals surface area contributed by atoms with Gasteiger partial charge in [0.05, 0.1) is 25.5 Å². The lowest BCUT2D eigenvalue weighted by molar-refractivity contribution is 0.122. The zero-order valence-electron chi connectivity index (χ0n) is 12.0. The Bertz CT molecular complexity index is 475. The highest BCUT2D eigenvalue weighted by molar-refractivity contribution is 5.90. The van der Waals surface area contributed by atoms with Crippen molar-refractivity contribution in [1.82, 2.24) is 0 Å². The van der Waals surface area contributed by atoms with Crippen molar-refractivity contribution in [2.24, 2.45) is 11.5 Å². The lowest BCUT2D eigenvalue weighted by atomic mass is 10.2. The van der Waals surface area contributed by atoms with Gasteiger partial charge in [-0.15, -0.1) is 0 Å². The maximum atomic E-state index is 11.0. The molecular weight excluding hydrogens is 272 g/mol. The number of hydrogen-bond donors (Lipinski definition) is 3. The van der Waals surface area contributed by atoms with Crippen molar-refractivity contribution in [1.29, 1.82) is 0 Å². The summed E-state index contributed by atoms with van der Waals surface area (Å²) in [5, 5.41) is 2.57. The van der Waals surface area contributed by atoms with Crippen LogP contribution < -0.4 is 26.4 Å². The number of primary amides is 1. The number of benzene rings is 1. The minimum atomic E-state index is -0.613. The van der Waals surface area contributed by atoms with Gasteiger partial charge < -0.3 is 31.2 Å². The average Bonchev–Trinajstić information content (AvgIpc) is 2.49. The van der Waals surface area contributed by atoms with Gasteiger partial charge in [0.1, 0.15) is 5.75 Å². The predicted octanol–water partition coefficient (Wildman–Crippen LogP) is 0.741. The van der Waals surface area contributed by atoms with E-state index in [1.54, 1.807) is 6.07 Å². The van der Waals surface area contributed by atoms with Crippen molar-refractivity contribution in [2.75, 3.05) is 49.7 Å². The molecule has 0 atom stereocenters. The van der Waals surface area contributed by atoms with Crippen LogP contribution in [0.4, 0.5) is 16.2 Å². The second-order valence-electron chi connectivity index (χ2n) is 4.76. The summed E-state index contributed by atoms with van der Waals surface area (Å²) < 4.78 is 11.0. The van der Waals surface area contributed by atoms with Crippen LogP contribution in [-0.4, -0.2) is 45.5 Å². The van der Waals surface area contributed by atoms with E-state index in [0.29, 0.717) is 37.8 Å². The third kappa shape index (κ3) is 4.51. The number of rotatable bonds is 6. The third-order valence-electron chi connectivity index (χ3n) is 3.21. The van der Waals surface area contributed by atoms with Crippen LogP contribution in [-0.2, 0) is 4.74 Å². The molecule has 5 N–H and O–H groups in total. The van der Waals surface area contributed by atoms with Gasteiger partial charge in [0.15, 0.2) is 0 Å². The van der Waals surface area contributed by atoms with Crippen LogP contribution >= 0.6 is 0 Å². The molecule has 1 saturated heterocycles. The number of nitrogens with one attached hydrogen (secondary N) is 1. The molecule has 0 aromatic heterocycles. The highest BCUT2D eigenvalue weighted by atomic mass is 16.5. The number of anilines is 2. The monoisotopic (exact) mass is 294 g/mol. The van der Waals surface area contributed by atoms with Gasteiger partial charge in [-0.3, -0.25) is 0 Å². The number of morpholine rings is 1. The topological polar surface area (TPSA) is 103 Å². The number of nitrogens with zero attached hydrogens (tertiary/aromatic N) is 1. The molecule has 2 amide bonds. The van der Waals surface area contributed by atoms with Gasteiger partial charge in [0.25, 0.3) is 0 Å². The Labute approximate surface area is 124 Å². The highest BCUT2D eigenvalue weighted by Gasteiger charge is 2.14. The van der Waals surface area contributed by atoms with E-state index in [0.717, 1.165) is 25.2 Å². The number of carbonyl (C=O) groups excluding carboxylic acids is 1. The van der Waals surface area contributed by atoms with E-state index in [2.05, 4.69) is 10.2 Å². The van der Waals surface area contributed by atoms with Crippen molar-refractivity contribution >= 4 is 17.4 Å². The Kier molecular flexibility index (Phi) is 5.65. The molecule has 7 heteroatoms. The van der Waals surface area contributed by atoms with E-state index in [4.69, 9.17) is 20.9 Å². The summed E-state index contributed by atoms with van der Waals surface area (Å²) in [5.41, 5.74) is 12.2. The van der Waals surface area contributed by atoms with E-state index in [1.165, 1.54) is 0 Å². The molecule has 7 nitrogen and oxygen atoms in total. The fourth-order valence-electron chi connectivity index (χ4n) is 2.15. The van der Waals surface area contributed by atoms with Crippen molar-refractivity contribution in [2.45, 2.75) is 6.42 Å². The summed E-state index contributed by atoms with van der Waals surface area (Å²) >= 11 is 0. The molecule has 0 spiro atoms. The molecule has 21 heavy (non-hydrogen) atoms. The van der Waals surface area contributed by atoms with Crippen LogP contribution in [0, 0.1) is 0 Å². The molecule has 2 rings (SSSR count). The molecule has 0 unspecified atom stereocenters. The van der Waals surface area contributed by atoms with Gasteiger partial charge in [-0.05, 0) is 25.1 Å². The molecule has 1 aromatic rings.